The van der Waals surface area contributed by atoms with Crippen LogP contribution in [0.5, 0.6) is 0 Å². The first-order chi connectivity index (χ1) is 13.0. The molecular weight excluding hydrogens is 344 g/mol. The molecule has 0 bridgehead atoms. The Morgan fingerprint density at radius 2 is 1.30 bits per heavy atom. The summed E-state index contributed by atoms with van der Waals surface area (Å²) in [5, 5.41) is 27.9. The number of ether oxygens (including phenoxy) is 1. The fourth-order valence-electron chi connectivity index (χ4n) is 3.02. The van der Waals surface area contributed by atoms with E-state index in [2.05, 4.69) is 13.5 Å². The number of aliphatic hydroxyl groups is 3. The molecule has 0 fully saturated rings. The zero-order valence-corrected chi connectivity index (χ0v) is 17.4. The van der Waals surface area contributed by atoms with Crippen molar-refractivity contribution in [2.75, 3.05) is 26.4 Å². The highest BCUT2D eigenvalue weighted by atomic mass is 16.5. The maximum atomic E-state index is 11.9. The van der Waals surface area contributed by atoms with Gasteiger partial charge in [0.15, 0.2) is 0 Å². The number of hydrogen-bond acceptors (Lipinski definition) is 5. The van der Waals surface area contributed by atoms with E-state index in [4.69, 9.17) is 4.74 Å². The van der Waals surface area contributed by atoms with Crippen molar-refractivity contribution in [2.24, 2.45) is 5.41 Å². The van der Waals surface area contributed by atoms with Gasteiger partial charge in [-0.25, -0.2) is 4.79 Å². The van der Waals surface area contributed by atoms with Crippen molar-refractivity contribution in [3.63, 3.8) is 0 Å². The zero-order valence-electron chi connectivity index (χ0n) is 17.4. The summed E-state index contributed by atoms with van der Waals surface area (Å²) in [6.07, 6.45) is 13.8. The fourth-order valence-corrected chi connectivity index (χ4v) is 3.02. The predicted octanol–water partition coefficient (Wildman–Crippen LogP) is 4.14. The Bertz CT molecular complexity index is 369. The van der Waals surface area contributed by atoms with Crippen LogP contribution >= 0.6 is 0 Å². The van der Waals surface area contributed by atoms with Gasteiger partial charge >= 0.3 is 5.97 Å². The van der Waals surface area contributed by atoms with E-state index in [9.17, 15) is 20.1 Å². The van der Waals surface area contributed by atoms with Gasteiger partial charge in [0, 0.05) is 11.0 Å². The van der Waals surface area contributed by atoms with E-state index >= 15 is 0 Å². The minimum Gasteiger partial charge on any atom is -0.462 e. The van der Waals surface area contributed by atoms with E-state index in [0.717, 1.165) is 12.8 Å². The number of rotatable bonds is 19. The lowest BCUT2D eigenvalue weighted by molar-refractivity contribution is -0.139. The van der Waals surface area contributed by atoms with Crippen molar-refractivity contribution in [1.82, 2.24) is 0 Å². The number of aliphatic hydroxyl groups excluding tert-OH is 3. The highest BCUT2D eigenvalue weighted by molar-refractivity contribution is 5.87. The van der Waals surface area contributed by atoms with Crippen LogP contribution < -0.4 is 0 Å². The molecule has 5 heteroatoms. The average molecular weight is 387 g/mol. The van der Waals surface area contributed by atoms with Crippen molar-refractivity contribution in [3.05, 3.63) is 12.2 Å². The molecule has 0 radical (unpaired) electrons. The molecule has 0 spiro atoms. The molecule has 3 N–H and O–H groups in total. The van der Waals surface area contributed by atoms with Crippen LogP contribution in [0.1, 0.15) is 90.4 Å². The summed E-state index contributed by atoms with van der Waals surface area (Å²) in [4.78, 5) is 11.9. The summed E-state index contributed by atoms with van der Waals surface area (Å²) in [7, 11) is 0. The summed E-state index contributed by atoms with van der Waals surface area (Å²) in [5.74, 6) is -0.367. The van der Waals surface area contributed by atoms with Crippen LogP contribution in [0.2, 0.25) is 0 Å². The van der Waals surface area contributed by atoms with Crippen LogP contribution in [-0.4, -0.2) is 47.7 Å². The van der Waals surface area contributed by atoms with E-state index in [0.29, 0.717) is 31.4 Å². The Balaban J connectivity index is 3.63. The lowest BCUT2D eigenvalue weighted by Gasteiger charge is -2.27. The highest BCUT2D eigenvalue weighted by Crippen LogP contribution is 2.24. The summed E-state index contributed by atoms with van der Waals surface area (Å²) in [6.45, 7) is 5.58. The number of esters is 1. The Morgan fingerprint density at radius 3 is 1.78 bits per heavy atom. The molecule has 160 valence electrons. The molecule has 27 heavy (non-hydrogen) atoms. The molecule has 0 rings (SSSR count). The molecule has 0 saturated heterocycles. The maximum absolute atomic E-state index is 11.9. The van der Waals surface area contributed by atoms with Gasteiger partial charge in [-0.3, -0.25) is 0 Å². The zero-order chi connectivity index (χ0) is 20.4. The normalized spacial score (nSPS) is 11.6. The van der Waals surface area contributed by atoms with E-state index < -0.39 is 5.41 Å². The first-order valence-corrected chi connectivity index (χ1v) is 10.7. The number of unbranched alkanes of at least 4 members (excludes halogenated alkanes) is 9. The SMILES string of the molecule is C=C(CCCC(CO)(CO)CO)C(=O)OCCCCCCCCCCCC. The van der Waals surface area contributed by atoms with Crippen molar-refractivity contribution in [1.29, 1.82) is 0 Å². The Morgan fingerprint density at radius 1 is 0.815 bits per heavy atom. The van der Waals surface area contributed by atoms with E-state index in [-0.39, 0.29) is 25.8 Å². The quantitative estimate of drug-likeness (QED) is 0.176. The summed E-state index contributed by atoms with van der Waals surface area (Å²) < 4.78 is 5.25. The standard InChI is InChI=1S/C22H42O5/c1-3-4-5-6-7-8-9-10-11-12-16-27-21(26)20(2)14-13-15-22(17-23,18-24)19-25/h23-25H,2-19H2,1H3. The Kier molecular flexibility index (Phi) is 16.6. The minimum atomic E-state index is -0.889. The average Bonchev–Trinajstić information content (AvgIpc) is 2.69. The van der Waals surface area contributed by atoms with Gasteiger partial charge in [0.1, 0.15) is 0 Å². The predicted molar refractivity (Wildman–Crippen MR) is 109 cm³/mol. The minimum absolute atomic E-state index is 0.282. The van der Waals surface area contributed by atoms with Crippen LogP contribution in [0.3, 0.4) is 0 Å². The van der Waals surface area contributed by atoms with E-state index in [1.807, 2.05) is 0 Å². The van der Waals surface area contributed by atoms with Crippen molar-refractivity contribution in [3.8, 4) is 0 Å². The largest absolute Gasteiger partial charge is 0.462 e. The van der Waals surface area contributed by atoms with E-state index in [1.165, 1.54) is 51.4 Å². The fraction of sp³-hybridized carbons (Fsp3) is 0.864. The molecule has 0 aliphatic rings. The molecule has 0 unspecified atom stereocenters. The first-order valence-electron chi connectivity index (χ1n) is 10.7. The van der Waals surface area contributed by atoms with Gasteiger partial charge in [-0.2, -0.15) is 0 Å². The van der Waals surface area contributed by atoms with Gasteiger partial charge < -0.3 is 20.1 Å². The van der Waals surface area contributed by atoms with Crippen molar-refractivity contribution in [2.45, 2.75) is 90.4 Å². The smallest absolute Gasteiger partial charge is 0.333 e. The highest BCUT2D eigenvalue weighted by Gasteiger charge is 2.27. The second kappa shape index (κ2) is 17.2. The molecule has 0 aliphatic heterocycles. The van der Waals surface area contributed by atoms with Gasteiger partial charge in [0.25, 0.3) is 0 Å². The Labute approximate surface area is 165 Å². The molecule has 0 saturated carbocycles. The molecule has 0 aromatic rings. The first kappa shape index (κ1) is 26.1. The molecule has 0 aromatic carbocycles. The van der Waals surface area contributed by atoms with Crippen LogP contribution in [0, 0.1) is 5.41 Å². The summed E-state index contributed by atoms with van der Waals surface area (Å²) in [6, 6.07) is 0. The van der Waals surface area contributed by atoms with E-state index in [1.54, 1.807) is 0 Å². The van der Waals surface area contributed by atoms with Gasteiger partial charge in [0.2, 0.25) is 0 Å². The molecule has 0 aliphatic carbocycles. The van der Waals surface area contributed by atoms with Gasteiger partial charge in [-0.15, -0.1) is 0 Å². The van der Waals surface area contributed by atoms with Crippen LogP contribution in [0.4, 0.5) is 0 Å². The lowest BCUT2D eigenvalue weighted by atomic mass is 9.85. The lowest BCUT2D eigenvalue weighted by Crippen LogP contribution is -2.33. The Hall–Kier alpha value is -0.910. The maximum Gasteiger partial charge on any atom is 0.333 e. The molecular formula is C22H42O5. The second-order valence-corrected chi connectivity index (χ2v) is 7.75. The number of carbonyl (C=O) groups excluding carboxylic acids is 1. The van der Waals surface area contributed by atoms with Crippen molar-refractivity contribution >= 4 is 5.97 Å². The molecule has 0 heterocycles. The second-order valence-electron chi connectivity index (χ2n) is 7.75. The van der Waals surface area contributed by atoms with Crippen LogP contribution in [-0.2, 0) is 9.53 Å². The van der Waals surface area contributed by atoms with Crippen molar-refractivity contribution < 1.29 is 24.9 Å². The molecule has 0 atom stereocenters. The number of carbonyl (C=O) groups is 1. The monoisotopic (exact) mass is 386 g/mol. The topological polar surface area (TPSA) is 87.0 Å². The van der Waals surface area contributed by atoms with Gasteiger partial charge in [-0.1, -0.05) is 71.3 Å². The molecule has 0 amide bonds. The molecule has 0 aromatic heterocycles. The van der Waals surface area contributed by atoms with Gasteiger partial charge in [-0.05, 0) is 25.7 Å². The molecule has 5 nitrogen and oxygen atoms in total. The van der Waals surface area contributed by atoms with Gasteiger partial charge in [0.05, 0.1) is 26.4 Å². The third-order valence-corrected chi connectivity index (χ3v) is 5.21. The summed E-state index contributed by atoms with van der Waals surface area (Å²) >= 11 is 0. The third kappa shape index (κ3) is 13.0. The number of hydrogen-bond donors (Lipinski definition) is 3. The van der Waals surface area contributed by atoms with Crippen LogP contribution in [0.25, 0.3) is 0 Å². The summed E-state index contributed by atoms with van der Waals surface area (Å²) in [5.41, 5.74) is -0.481. The van der Waals surface area contributed by atoms with Crippen LogP contribution in [0.15, 0.2) is 12.2 Å². The third-order valence-electron chi connectivity index (χ3n) is 5.21.